The number of hydrogen-bond donors (Lipinski definition) is 1. The fourth-order valence-corrected chi connectivity index (χ4v) is 4.83. The lowest BCUT2D eigenvalue weighted by Crippen LogP contribution is -2.55. The smallest absolute Gasteiger partial charge is 0.328 e. The molecule has 1 amide bonds. The van der Waals surface area contributed by atoms with Gasteiger partial charge in [-0.25, -0.2) is 4.79 Å². The molecule has 3 rings (SSSR count). The van der Waals surface area contributed by atoms with E-state index in [-0.39, 0.29) is 17.6 Å². The maximum Gasteiger partial charge on any atom is 0.328 e. The number of methoxy groups -OCH3 is 3. The second-order valence-electron chi connectivity index (χ2n) is 9.34. The van der Waals surface area contributed by atoms with E-state index in [9.17, 15) is 14.7 Å². The van der Waals surface area contributed by atoms with E-state index in [1.54, 1.807) is 12.1 Å². The van der Waals surface area contributed by atoms with E-state index in [0.29, 0.717) is 36.0 Å². The molecule has 1 spiro atoms. The minimum Gasteiger partial charge on any atom is -0.493 e. The summed E-state index contributed by atoms with van der Waals surface area (Å²) in [6.45, 7) is 6.61. The fourth-order valence-electron chi connectivity index (χ4n) is 4.83. The van der Waals surface area contributed by atoms with Crippen molar-refractivity contribution in [2.75, 3.05) is 27.9 Å². The maximum atomic E-state index is 13.7. The van der Waals surface area contributed by atoms with Gasteiger partial charge in [-0.2, -0.15) is 0 Å². The Morgan fingerprint density at radius 3 is 2.03 bits per heavy atom. The molecule has 1 heterocycles. The number of aliphatic carboxylic acids is 1. The van der Waals surface area contributed by atoms with Crippen LogP contribution in [0.4, 0.5) is 0 Å². The van der Waals surface area contributed by atoms with Crippen LogP contribution in [0.5, 0.6) is 17.2 Å². The van der Waals surface area contributed by atoms with Gasteiger partial charge in [-0.3, -0.25) is 9.69 Å². The molecule has 31 heavy (non-hydrogen) atoms. The number of hydrogen-bond acceptors (Lipinski definition) is 6. The molecular formula is C23H33NO7. The number of nitrogens with zero attached hydrogens (tertiary/aromatic N) is 1. The van der Waals surface area contributed by atoms with Gasteiger partial charge in [0.25, 0.3) is 5.91 Å². The Kier molecular flexibility index (Phi) is 6.41. The van der Waals surface area contributed by atoms with E-state index in [1.165, 1.54) is 26.2 Å². The summed E-state index contributed by atoms with van der Waals surface area (Å²) in [6, 6.07) is 2.06. The van der Waals surface area contributed by atoms with E-state index in [2.05, 4.69) is 20.8 Å². The average molecular weight is 436 g/mol. The predicted molar refractivity (Wildman–Crippen MR) is 114 cm³/mol. The van der Waals surface area contributed by atoms with Crippen LogP contribution in [-0.2, 0) is 9.53 Å². The SMILES string of the molecule is COc1cc(C(=O)N2C(C(=O)O)COC23CCC(C(C)(C)C)CC3)cc(OC)c1OC. The zero-order chi connectivity index (χ0) is 23.0. The van der Waals surface area contributed by atoms with Gasteiger partial charge in [0.05, 0.1) is 27.9 Å². The number of carboxylic acids is 1. The zero-order valence-corrected chi connectivity index (χ0v) is 19.2. The van der Waals surface area contributed by atoms with Crippen molar-refractivity contribution in [2.45, 2.75) is 58.2 Å². The highest BCUT2D eigenvalue weighted by Crippen LogP contribution is 2.48. The topological polar surface area (TPSA) is 94.5 Å². The minimum atomic E-state index is -1.07. The standard InChI is InChI=1S/C23H33NO7/c1-22(2,3)15-7-9-23(10-8-15)24(16(13-31-23)21(26)27)20(25)14-11-17(28-4)19(30-6)18(12-14)29-5/h11-12,15-16H,7-10,13H2,1-6H3,(H,26,27). The molecule has 172 valence electrons. The summed E-state index contributed by atoms with van der Waals surface area (Å²) in [6.07, 6.45) is 2.95. The van der Waals surface area contributed by atoms with Crippen LogP contribution in [0.2, 0.25) is 0 Å². The zero-order valence-electron chi connectivity index (χ0n) is 19.2. The van der Waals surface area contributed by atoms with Crippen molar-refractivity contribution in [2.24, 2.45) is 11.3 Å². The fraction of sp³-hybridized carbons (Fsp3) is 0.652. The van der Waals surface area contributed by atoms with Crippen molar-refractivity contribution in [3.05, 3.63) is 17.7 Å². The Balaban J connectivity index is 1.99. The first kappa shape index (κ1) is 23.2. The number of carboxylic acid groups (broad SMARTS) is 1. The van der Waals surface area contributed by atoms with Gasteiger partial charge < -0.3 is 24.1 Å². The lowest BCUT2D eigenvalue weighted by Gasteiger charge is -2.46. The molecule has 0 bridgehead atoms. The van der Waals surface area contributed by atoms with E-state index in [1.807, 2.05) is 0 Å². The second-order valence-corrected chi connectivity index (χ2v) is 9.34. The molecule has 2 aliphatic rings. The maximum absolute atomic E-state index is 13.7. The van der Waals surface area contributed by atoms with Crippen LogP contribution in [0.3, 0.4) is 0 Å². The van der Waals surface area contributed by atoms with E-state index in [4.69, 9.17) is 18.9 Å². The van der Waals surface area contributed by atoms with Crippen LogP contribution in [0, 0.1) is 11.3 Å². The first-order valence-corrected chi connectivity index (χ1v) is 10.6. The number of rotatable bonds is 5. The molecular weight excluding hydrogens is 402 g/mol. The van der Waals surface area contributed by atoms with Crippen molar-refractivity contribution in [3.8, 4) is 17.2 Å². The first-order chi connectivity index (χ1) is 14.6. The monoisotopic (exact) mass is 435 g/mol. The Morgan fingerprint density at radius 1 is 1.06 bits per heavy atom. The van der Waals surface area contributed by atoms with Crippen LogP contribution in [-0.4, -0.2) is 61.6 Å². The van der Waals surface area contributed by atoms with Crippen molar-refractivity contribution < 1.29 is 33.6 Å². The molecule has 2 fully saturated rings. The van der Waals surface area contributed by atoms with Gasteiger partial charge in [-0.15, -0.1) is 0 Å². The average Bonchev–Trinajstić information content (AvgIpc) is 3.10. The quantitative estimate of drug-likeness (QED) is 0.755. The molecule has 8 heteroatoms. The van der Waals surface area contributed by atoms with Gasteiger partial charge in [0.2, 0.25) is 5.75 Å². The summed E-state index contributed by atoms with van der Waals surface area (Å²) in [5, 5.41) is 9.82. The molecule has 1 N–H and O–H groups in total. The number of carbonyl (C=O) groups excluding carboxylic acids is 1. The largest absolute Gasteiger partial charge is 0.493 e. The molecule has 0 aromatic heterocycles. The highest BCUT2D eigenvalue weighted by molar-refractivity contribution is 5.98. The Hall–Kier alpha value is -2.48. The van der Waals surface area contributed by atoms with Crippen molar-refractivity contribution in [1.29, 1.82) is 0 Å². The second kappa shape index (κ2) is 8.57. The molecule has 1 aromatic rings. The van der Waals surface area contributed by atoms with Crippen molar-refractivity contribution in [3.63, 3.8) is 0 Å². The van der Waals surface area contributed by atoms with E-state index in [0.717, 1.165) is 12.8 Å². The highest BCUT2D eigenvalue weighted by atomic mass is 16.5. The lowest BCUT2D eigenvalue weighted by atomic mass is 9.70. The summed E-state index contributed by atoms with van der Waals surface area (Å²) in [5.41, 5.74) is -0.496. The van der Waals surface area contributed by atoms with Gasteiger partial charge in [0.15, 0.2) is 17.5 Å². The summed E-state index contributed by atoms with van der Waals surface area (Å²) in [5.74, 6) is 0.0393. The summed E-state index contributed by atoms with van der Waals surface area (Å²) >= 11 is 0. The minimum absolute atomic E-state index is 0.0221. The van der Waals surface area contributed by atoms with Gasteiger partial charge in [0, 0.05) is 5.56 Å². The normalized spacial score (nSPS) is 26.1. The third kappa shape index (κ3) is 4.18. The van der Waals surface area contributed by atoms with Crippen molar-refractivity contribution >= 4 is 11.9 Å². The van der Waals surface area contributed by atoms with E-state index >= 15 is 0 Å². The first-order valence-electron chi connectivity index (χ1n) is 10.6. The molecule has 8 nitrogen and oxygen atoms in total. The van der Waals surface area contributed by atoms with Crippen LogP contribution in [0.15, 0.2) is 12.1 Å². The van der Waals surface area contributed by atoms with Crippen molar-refractivity contribution in [1.82, 2.24) is 4.90 Å². The molecule has 1 aliphatic carbocycles. The number of ether oxygens (including phenoxy) is 4. The summed E-state index contributed by atoms with van der Waals surface area (Å²) in [7, 11) is 4.43. The molecule has 1 aromatic carbocycles. The van der Waals surface area contributed by atoms with Gasteiger partial charge >= 0.3 is 5.97 Å². The molecule has 1 saturated carbocycles. The molecule has 0 radical (unpaired) electrons. The molecule has 1 saturated heterocycles. The molecule has 1 atom stereocenters. The summed E-state index contributed by atoms with van der Waals surface area (Å²) < 4.78 is 22.1. The third-order valence-corrected chi connectivity index (χ3v) is 6.67. The number of carbonyl (C=O) groups is 2. The van der Waals surface area contributed by atoms with E-state index < -0.39 is 23.6 Å². The molecule has 1 aliphatic heterocycles. The lowest BCUT2D eigenvalue weighted by molar-refractivity contribution is -0.144. The van der Waals surface area contributed by atoms with Crippen LogP contribution < -0.4 is 14.2 Å². The molecule has 1 unspecified atom stereocenters. The Bertz CT molecular complexity index is 812. The van der Waals surface area contributed by atoms with Crippen LogP contribution in [0.1, 0.15) is 56.8 Å². The highest BCUT2D eigenvalue weighted by Gasteiger charge is 2.55. The summed E-state index contributed by atoms with van der Waals surface area (Å²) in [4.78, 5) is 27.1. The van der Waals surface area contributed by atoms with Gasteiger partial charge in [-0.1, -0.05) is 20.8 Å². The van der Waals surface area contributed by atoms with Crippen LogP contribution >= 0.6 is 0 Å². The van der Waals surface area contributed by atoms with Gasteiger partial charge in [-0.05, 0) is 49.1 Å². The Labute approximate surface area is 183 Å². The predicted octanol–water partition coefficient (Wildman–Crippen LogP) is 3.57. The number of amides is 1. The van der Waals surface area contributed by atoms with Gasteiger partial charge in [0.1, 0.15) is 5.72 Å². The third-order valence-electron chi connectivity index (χ3n) is 6.67. The number of benzene rings is 1. The van der Waals surface area contributed by atoms with Crippen LogP contribution in [0.25, 0.3) is 0 Å². The Morgan fingerprint density at radius 2 is 1.61 bits per heavy atom.